The number of aryl methyl sites for hydroxylation is 2. The molecule has 0 spiro atoms. The maximum Gasteiger partial charge on any atom is 0.269 e. The van der Waals surface area contributed by atoms with Crippen molar-refractivity contribution in [2.24, 2.45) is 0 Å². The molecule has 5 rings (SSSR count). The largest absolute Gasteiger partial charge is 0.381 e. The standard InChI is InChI=1S/C24H30N6O2/c1-2-16-3-5-17(6-4-16)20-15-21(27-26-20)24(31)25-19-7-8-22-28-29-23(30(22)12-9-19)18-10-13-32-14-11-18/h3-6,15,18-19H,2,7-14H2,1H3,(H,25,31)(H,26,27). The smallest absolute Gasteiger partial charge is 0.269 e. The van der Waals surface area contributed by atoms with Crippen molar-refractivity contribution in [2.75, 3.05) is 13.2 Å². The molecule has 1 unspecified atom stereocenters. The minimum Gasteiger partial charge on any atom is -0.381 e. The van der Waals surface area contributed by atoms with E-state index in [-0.39, 0.29) is 11.9 Å². The van der Waals surface area contributed by atoms with Crippen molar-refractivity contribution in [2.45, 2.75) is 64.0 Å². The maximum absolute atomic E-state index is 12.9. The number of nitrogens with one attached hydrogen (secondary N) is 2. The highest BCUT2D eigenvalue weighted by atomic mass is 16.5. The number of H-pyrrole nitrogens is 1. The third kappa shape index (κ3) is 4.32. The van der Waals surface area contributed by atoms with E-state index in [1.54, 1.807) is 0 Å². The predicted molar refractivity (Wildman–Crippen MR) is 120 cm³/mol. The molecule has 2 aliphatic heterocycles. The number of hydrogen-bond donors (Lipinski definition) is 2. The molecule has 1 amide bonds. The fourth-order valence-electron chi connectivity index (χ4n) is 4.67. The molecular formula is C24H30N6O2. The van der Waals surface area contributed by atoms with Crippen molar-refractivity contribution in [3.63, 3.8) is 0 Å². The lowest BCUT2D eigenvalue weighted by Crippen LogP contribution is -2.35. The molecule has 32 heavy (non-hydrogen) atoms. The summed E-state index contributed by atoms with van der Waals surface area (Å²) < 4.78 is 7.77. The van der Waals surface area contributed by atoms with Crippen LogP contribution in [0.15, 0.2) is 30.3 Å². The molecule has 2 aromatic heterocycles. The minimum absolute atomic E-state index is 0.0994. The van der Waals surface area contributed by atoms with Gasteiger partial charge in [-0.25, -0.2) is 0 Å². The highest BCUT2D eigenvalue weighted by molar-refractivity contribution is 5.93. The molecule has 0 bridgehead atoms. The predicted octanol–water partition coefficient (Wildman–Crippen LogP) is 3.26. The zero-order valence-corrected chi connectivity index (χ0v) is 18.5. The van der Waals surface area contributed by atoms with E-state index in [4.69, 9.17) is 4.74 Å². The number of carbonyl (C=O) groups excluding carboxylic acids is 1. The van der Waals surface area contributed by atoms with Gasteiger partial charge in [0.25, 0.3) is 5.91 Å². The molecule has 1 saturated heterocycles. The monoisotopic (exact) mass is 434 g/mol. The Morgan fingerprint density at radius 1 is 1.16 bits per heavy atom. The van der Waals surface area contributed by atoms with Crippen molar-refractivity contribution in [3.05, 3.63) is 53.2 Å². The third-order valence-electron chi connectivity index (χ3n) is 6.68. The molecule has 2 aliphatic rings. The van der Waals surface area contributed by atoms with Gasteiger partial charge in [0.2, 0.25) is 0 Å². The SMILES string of the molecule is CCc1ccc(-c2cc(C(=O)NC3CCc4nnc(C5CCOCC5)n4CC3)[nH]n2)cc1. The molecule has 8 nitrogen and oxygen atoms in total. The lowest BCUT2D eigenvalue weighted by atomic mass is 9.99. The Morgan fingerprint density at radius 3 is 2.75 bits per heavy atom. The summed E-state index contributed by atoms with van der Waals surface area (Å²) in [6.45, 7) is 4.55. The highest BCUT2D eigenvalue weighted by Crippen LogP contribution is 2.28. The summed E-state index contributed by atoms with van der Waals surface area (Å²) in [5.41, 5.74) is 3.56. The van der Waals surface area contributed by atoms with E-state index in [9.17, 15) is 4.79 Å². The number of ether oxygens (including phenoxy) is 1. The van der Waals surface area contributed by atoms with Gasteiger partial charge in [-0.1, -0.05) is 31.2 Å². The fraction of sp³-hybridized carbons (Fsp3) is 0.500. The molecule has 1 atom stereocenters. The molecule has 1 aromatic carbocycles. The van der Waals surface area contributed by atoms with Gasteiger partial charge in [0.05, 0.1) is 5.69 Å². The summed E-state index contributed by atoms with van der Waals surface area (Å²) in [4.78, 5) is 12.9. The molecule has 0 radical (unpaired) electrons. The van der Waals surface area contributed by atoms with Gasteiger partial charge < -0.3 is 14.6 Å². The van der Waals surface area contributed by atoms with E-state index in [0.29, 0.717) is 11.6 Å². The quantitative estimate of drug-likeness (QED) is 0.642. The minimum atomic E-state index is -0.110. The van der Waals surface area contributed by atoms with Crippen LogP contribution in [0, 0.1) is 0 Å². The summed E-state index contributed by atoms with van der Waals surface area (Å²) >= 11 is 0. The molecule has 1 fully saturated rings. The molecule has 0 aliphatic carbocycles. The van der Waals surface area contributed by atoms with Crippen molar-refractivity contribution in [3.8, 4) is 11.3 Å². The number of rotatable bonds is 5. The first kappa shape index (κ1) is 20.9. The average molecular weight is 435 g/mol. The van der Waals surface area contributed by atoms with E-state index in [1.165, 1.54) is 5.56 Å². The second-order valence-electron chi connectivity index (χ2n) is 8.73. The second-order valence-corrected chi connectivity index (χ2v) is 8.73. The Labute approximate surface area is 187 Å². The van der Waals surface area contributed by atoms with Gasteiger partial charge in [-0.15, -0.1) is 10.2 Å². The molecule has 8 heteroatoms. The summed E-state index contributed by atoms with van der Waals surface area (Å²) in [5, 5.41) is 19.4. The van der Waals surface area contributed by atoms with E-state index >= 15 is 0 Å². The first-order valence-corrected chi connectivity index (χ1v) is 11.7. The lowest BCUT2D eigenvalue weighted by Gasteiger charge is -2.22. The fourth-order valence-corrected chi connectivity index (χ4v) is 4.67. The Kier molecular flexibility index (Phi) is 6.03. The van der Waals surface area contributed by atoms with Gasteiger partial charge in [0.1, 0.15) is 17.3 Å². The van der Waals surface area contributed by atoms with Gasteiger partial charge in [-0.05, 0) is 43.7 Å². The Morgan fingerprint density at radius 2 is 1.97 bits per heavy atom. The van der Waals surface area contributed by atoms with Crippen LogP contribution in [0.2, 0.25) is 0 Å². The summed E-state index contributed by atoms with van der Waals surface area (Å²) in [5.74, 6) is 2.43. The van der Waals surface area contributed by atoms with Crippen LogP contribution in [0.25, 0.3) is 11.3 Å². The van der Waals surface area contributed by atoms with Gasteiger partial charge >= 0.3 is 0 Å². The molecule has 168 valence electrons. The normalized spacial score (nSPS) is 19.3. The Bertz CT molecular complexity index is 1060. The highest BCUT2D eigenvalue weighted by Gasteiger charge is 2.27. The second kappa shape index (κ2) is 9.24. The number of nitrogens with zero attached hydrogens (tertiary/aromatic N) is 4. The lowest BCUT2D eigenvalue weighted by molar-refractivity contribution is 0.0826. The van der Waals surface area contributed by atoms with Gasteiger partial charge in [0, 0.05) is 43.7 Å². The van der Waals surface area contributed by atoms with Crippen molar-refractivity contribution < 1.29 is 9.53 Å². The van der Waals surface area contributed by atoms with E-state index in [1.807, 2.05) is 18.2 Å². The first-order valence-electron chi connectivity index (χ1n) is 11.7. The summed E-state index contributed by atoms with van der Waals surface area (Å²) in [6.07, 6.45) is 5.55. The number of hydrogen-bond acceptors (Lipinski definition) is 5. The number of carbonyl (C=O) groups is 1. The van der Waals surface area contributed by atoms with E-state index in [2.05, 4.69) is 49.3 Å². The van der Waals surface area contributed by atoms with E-state index in [0.717, 1.165) is 81.2 Å². The van der Waals surface area contributed by atoms with Crippen LogP contribution in [0.1, 0.15) is 66.2 Å². The zero-order valence-electron chi connectivity index (χ0n) is 18.5. The molecular weight excluding hydrogens is 404 g/mol. The van der Waals surface area contributed by atoms with Crippen LogP contribution in [-0.2, 0) is 24.1 Å². The van der Waals surface area contributed by atoms with Gasteiger partial charge in [0.15, 0.2) is 0 Å². The van der Waals surface area contributed by atoms with Crippen LogP contribution in [0.4, 0.5) is 0 Å². The van der Waals surface area contributed by atoms with Crippen molar-refractivity contribution in [1.82, 2.24) is 30.3 Å². The van der Waals surface area contributed by atoms with Crippen molar-refractivity contribution in [1.29, 1.82) is 0 Å². The molecule has 2 N–H and O–H groups in total. The van der Waals surface area contributed by atoms with Crippen LogP contribution >= 0.6 is 0 Å². The van der Waals surface area contributed by atoms with Crippen LogP contribution in [-0.4, -0.2) is 50.1 Å². The van der Waals surface area contributed by atoms with Crippen molar-refractivity contribution >= 4 is 5.91 Å². The van der Waals surface area contributed by atoms with Crippen LogP contribution in [0.5, 0.6) is 0 Å². The third-order valence-corrected chi connectivity index (χ3v) is 6.68. The Hall–Kier alpha value is -3.00. The molecule has 3 aromatic rings. The van der Waals surface area contributed by atoms with E-state index < -0.39 is 0 Å². The first-order chi connectivity index (χ1) is 15.7. The van der Waals surface area contributed by atoms with Crippen LogP contribution < -0.4 is 5.32 Å². The van der Waals surface area contributed by atoms with Gasteiger partial charge in [-0.3, -0.25) is 9.89 Å². The zero-order chi connectivity index (χ0) is 21.9. The van der Waals surface area contributed by atoms with Gasteiger partial charge in [-0.2, -0.15) is 5.10 Å². The molecule has 0 saturated carbocycles. The number of amides is 1. The number of benzene rings is 1. The summed E-state index contributed by atoms with van der Waals surface area (Å²) in [7, 11) is 0. The number of fused-ring (bicyclic) bond motifs is 1. The Balaban J connectivity index is 1.22. The number of aromatic amines is 1. The summed E-state index contributed by atoms with van der Waals surface area (Å²) in [6, 6.07) is 10.2. The number of aromatic nitrogens is 5. The maximum atomic E-state index is 12.9. The van der Waals surface area contributed by atoms with Crippen LogP contribution in [0.3, 0.4) is 0 Å². The average Bonchev–Trinajstić information content (AvgIpc) is 3.45. The topological polar surface area (TPSA) is 97.7 Å². The molecule has 4 heterocycles.